The van der Waals surface area contributed by atoms with Crippen molar-refractivity contribution in [3.8, 4) is 0 Å². The molecule has 1 aromatic heterocycles. The Hall–Kier alpha value is -3.46. The average Bonchev–Trinajstić information content (AvgIpc) is 3.24. The molecule has 2 N–H and O–H groups in total. The SMILES string of the molecule is Cc1ccc(NC(=O)Nc2nc(C(=O)N3CCN(c4ccc(F)cc4)CC3)cs2)cc1. The van der Waals surface area contributed by atoms with Crippen LogP contribution >= 0.6 is 11.3 Å². The summed E-state index contributed by atoms with van der Waals surface area (Å²) in [7, 11) is 0. The predicted octanol–water partition coefficient (Wildman–Crippen LogP) is 4.20. The highest BCUT2D eigenvalue weighted by Crippen LogP contribution is 2.20. The van der Waals surface area contributed by atoms with Crippen LogP contribution in [0.1, 0.15) is 16.1 Å². The summed E-state index contributed by atoms with van der Waals surface area (Å²) in [6.07, 6.45) is 0. The Morgan fingerprint density at radius 2 is 1.65 bits per heavy atom. The van der Waals surface area contributed by atoms with Gasteiger partial charge >= 0.3 is 6.03 Å². The maximum Gasteiger partial charge on any atom is 0.325 e. The lowest BCUT2D eigenvalue weighted by atomic mass is 10.2. The number of amides is 3. The number of benzene rings is 2. The summed E-state index contributed by atoms with van der Waals surface area (Å²) in [6.45, 7) is 4.38. The molecule has 1 saturated heterocycles. The summed E-state index contributed by atoms with van der Waals surface area (Å²) in [5.74, 6) is -0.431. The molecule has 7 nitrogen and oxygen atoms in total. The average molecular weight is 440 g/mol. The largest absolute Gasteiger partial charge is 0.368 e. The maximum absolute atomic E-state index is 13.1. The number of nitrogens with one attached hydrogen (secondary N) is 2. The lowest BCUT2D eigenvalue weighted by Gasteiger charge is -2.35. The Bertz CT molecular complexity index is 1060. The molecule has 0 atom stereocenters. The molecular weight excluding hydrogens is 417 g/mol. The number of nitrogens with zero attached hydrogens (tertiary/aromatic N) is 3. The molecule has 2 heterocycles. The maximum atomic E-state index is 13.1. The minimum atomic E-state index is -0.412. The van der Waals surface area contributed by atoms with E-state index in [1.54, 1.807) is 22.4 Å². The van der Waals surface area contributed by atoms with E-state index in [9.17, 15) is 14.0 Å². The molecule has 0 spiro atoms. The van der Waals surface area contributed by atoms with Crippen LogP contribution in [0.2, 0.25) is 0 Å². The van der Waals surface area contributed by atoms with Gasteiger partial charge in [-0.3, -0.25) is 10.1 Å². The Balaban J connectivity index is 1.30. The standard InChI is InChI=1S/C22H22FN5O2S/c1-15-2-6-17(7-3-15)24-21(30)26-22-25-19(14-31-22)20(29)28-12-10-27(11-13-28)18-8-4-16(23)5-9-18/h2-9,14H,10-13H2,1H3,(H2,24,25,26,30). The zero-order chi connectivity index (χ0) is 21.8. The van der Waals surface area contributed by atoms with Crippen LogP contribution in [0.4, 0.5) is 25.7 Å². The first kappa shape index (κ1) is 20.8. The van der Waals surface area contributed by atoms with Crippen LogP contribution in [-0.4, -0.2) is 48.0 Å². The molecule has 1 fully saturated rings. The molecule has 9 heteroatoms. The lowest BCUT2D eigenvalue weighted by Crippen LogP contribution is -2.48. The fourth-order valence-corrected chi connectivity index (χ4v) is 3.99. The summed E-state index contributed by atoms with van der Waals surface area (Å²) in [5, 5.41) is 7.41. The Morgan fingerprint density at radius 1 is 0.968 bits per heavy atom. The van der Waals surface area contributed by atoms with E-state index in [4.69, 9.17) is 0 Å². The van der Waals surface area contributed by atoms with Crippen molar-refractivity contribution in [3.63, 3.8) is 0 Å². The number of aromatic nitrogens is 1. The summed E-state index contributed by atoms with van der Waals surface area (Å²) in [5.41, 5.74) is 3.03. The number of hydrogen-bond donors (Lipinski definition) is 2. The van der Waals surface area contributed by atoms with Crippen LogP contribution in [0, 0.1) is 12.7 Å². The van der Waals surface area contributed by atoms with E-state index in [-0.39, 0.29) is 11.7 Å². The first-order chi connectivity index (χ1) is 15.0. The van der Waals surface area contributed by atoms with E-state index in [0.29, 0.717) is 42.7 Å². The fraction of sp³-hybridized carbons (Fsp3) is 0.227. The van der Waals surface area contributed by atoms with Gasteiger partial charge in [0.15, 0.2) is 5.13 Å². The van der Waals surface area contributed by atoms with Gasteiger partial charge in [-0.05, 0) is 43.3 Å². The van der Waals surface area contributed by atoms with E-state index < -0.39 is 6.03 Å². The summed E-state index contributed by atoms with van der Waals surface area (Å²) in [4.78, 5) is 33.1. The number of urea groups is 1. The molecule has 160 valence electrons. The molecule has 0 radical (unpaired) electrons. The lowest BCUT2D eigenvalue weighted by molar-refractivity contribution is 0.0741. The molecule has 2 aromatic carbocycles. The van der Waals surface area contributed by atoms with E-state index >= 15 is 0 Å². The Morgan fingerprint density at radius 3 is 2.32 bits per heavy atom. The number of piperazine rings is 1. The third kappa shape index (κ3) is 5.18. The third-order valence-corrected chi connectivity index (χ3v) is 5.77. The molecule has 1 aliphatic heterocycles. The van der Waals surface area contributed by atoms with Crippen LogP contribution in [0.5, 0.6) is 0 Å². The highest BCUT2D eigenvalue weighted by Gasteiger charge is 2.24. The van der Waals surface area contributed by atoms with Crippen LogP contribution in [0.15, 0.2) is 53.9 Å². The molecular formula is C22H22FN5O2S. The monoisotopic (exact) mass is 439 g/mol. The number of carbonyl (C=O) groups is 2. The van der Waals surface area contributed by atoms with Crippen molar-refractivity contribution in [2.24, 2.45) is 0 Å². The van der Waals surface area contributed by atoms with Crippen molar-refractivity contribution < 1.29 is 14.0 Å². The van der Waals surface area contributed by atoms with Gasteiger partial charge in [0, 0.05) is 42.9 Å². The highest BCUT2D eigenvalue weighted by molar-refractivity contribution is 7.14. The van der Waals surface area contributed by atoms with E-state index in [1.165, 1.54) is 23.5 Å². The number of hydrogen-bond acceptors (Lipinski definition) is 5. The number of rotatable bonds is 4. The fourth-order valence-electron chi connectivity index (χ4n) is 3.31. The molecule has 0 bridgehead atoms. The van der Waals surface area contributed by atoms with Gasteiger partial charge in [0.05, 0.1) is 0 Å². The molecule has 1 aliphatic rings. The molecule has 0 aliphatic carbocycles. The summed E-state index contributed by atoms with van der Waals surface area (Å²) < 4.78 is 13.1. The smallest absolute Gasteiger partial charge is 0.325 e. The third-order valence-electron chi connectivity index (χ3n) is 5.01. The van der Waals surface area contributed by atoms with Gasteiger partial charge in [-0.25, -0.2) is 14.2 Å². The second-order valence-corrected chi connectivity index (χ2v) is 8.10. The van der Waals surface area contributed by atoms with Gasteiger partial charge in [-0.2, -0.15) is 0 Å². The van der Waals surface area contributed by atoms with Crippen molar-refractivity contribution in [2.75, 3.05) is 41.7 Å². The van der Waals surface area contributed by atoms with Crippen LogP contribution < -0.4 is 15.5 Å². The molecule has 3 aromatic rings. The van der Waals surface area contributed by atoms with Crippen LogP contribution in [0.25, 0.3) is 0 Å². The van der Waals surface area contributed by atoms with E-state index in [0.717, 1.165) is 11.3 Å². The summed E-state index contributed by atoms with van der Waals surface area (Å²) >= 11 is 1.21. The number of aryl methyl sites for hydroxylation is 1. The molecule has 0 saturated carbocycles. The highest BCUT2D eigenvalue weighted by atomic mass is 32.1. The van der Waals surface area contributed by atoms with Crippen LogP contribution in [0.3, 0.4) is 0 Å². The zero-order valence-electron chi connectivity index (χ0n) is 17.0. The number of anilines is 3. The number of halogens is 1. The molecule has 3 amide bonds. The van der Waals surface area contributed by atoms with Crippen molar-refractivity contribution in [1.29, 1.82) is 0 Å². The minimum Gasteiger partial charge on any atom is -0.368 e. The van der Waals surface area contributed by atoms with Crippen molar-refractivity contribution in [2.45, 2.75) is 6.92 Å². The second-order valence-electron chi connectivity index (χ2n) is 7.24. The molecule has 31 heavy (non-hydrogen) atoms. The quantitative estimate of drug-likeness (QED) is 0.639. The van der Waals surface area contributed by atoms with E-state index in [1.807, 2.05) is 31.2 Å². The molecule has 0 unspecified atom stereocenters. The normalized spacial score (nSPS) is 13.7. The number of carbonyl (C=O) groups excluding carboxylic acids is 2. The van der Waals surface area contributed by atoms with Gasteiger partial charge in [-0.1, -0.05) is 17.7 Å². The topological polar surface area (TPSA) is 77.6 Å². The van der Waals surface area contributed by atoms with Gasteiger partial charge in [0.1, 0.15) is 11.5 Å². The van der Waals surface area contributed by atoms with Gasteiger partial charge in [-0.15, -0.1) is 11.3 Å². The van der Waals surface area contributed by atoms with E-state index in [2.05, 4.69) is 20.5 Å². The predicted molar refractivity (Wildman–Crippen MR) is 120 cm³/mol. The van der Waals surface area contributed by atoms with Crippen molar-refractivity contribution in [3.05, 3.63) is 71.0 Å². The van der Waals surface area contributed by atoms with Gasteiger partial charge < -0.3 is 15.1 Å². The minimum absolute atomic E-state index is 0.165. The Labute approximate surface area is 183 Å². The Kier molecular flexibility index (Phi) is 6.13. The summed E-state index contributed by atoms with van der Waals surface area (Å²) in [6, 6.07) is 13.4. The molecule has 4 rings (SSSR count). The van der Waals surface area contributed by atoms with Gasteiger partial charge in [0.25, 0.3) is 5.91 Å². The second kappa shape index (κ2) is 9.13. The number of thiazole rings is 1. The first-order valence-corrected chi connectivity index (χ1v) is 10.8. The van der Waals surface area contributed by atoms with Crippen LogP contribution in [-0.2, 0) is 0 Å². The van der Waals surface area contributed by atoms with Crippen molar-refractivity contribution in [1.82, 2.24) is 9.88 Å². The first-order valence-electron chi connectivity index (χ1n) is 9.88. The van der Waals surface area contributed by atoms with Gasteiger partial charge in [0.2, 0.25) is 0 Å². The van der Waals surface area contributed by atoms with Crippen molar-refractivity contribution >= 4 is 39.8 Å². The zero-order valence-corrected chi connectivity index (χ0v) is 17.8.